The number of pyridine rings is 1. The first kappa shape index (κ1) is 14.0. The van der Waals surface area contributed by atoms with E-state index in [-0.39, 0.29) is 6.10 Å². The standard InChI is InChI=1S/C17H20N2O2/c1-13-11-16(20-2)4-3-15(13)12-19-10-7-17(21-19)14-5-8-18-9-6-14/h3-6,8-9,11,17H,7,10,12H2,1-2H3. The van der Waals surface area contributed by atoms with Crippen LogP contribution in [-0.2, 0) is 11.4 Å². The number of nitrogens with zero attached hydrogens (tertiary/aromatic N) is 2. The van der Waals surface area contributed by atoms with E-state index in [1.165, 1.54) is 16.7 Å². The molecule has 3 rings (SSSR count). The Bertz CT molecular complexity index is 601. The van der Waals surface area contributed by atoms with Crippen LogP contribution in [0.1, 0.15) is 29.2 Å². The number of aryl methyl sites for hydroxylation is 1. The zero-order chi connectivity index (χ0) is 14.7. The molecule has 0 saturated carbocycles. The Kier molecular flexibility index (Phi) is 4.18. The van der Waals surface area contributed by atoms with Crippen molar-refractivity contribution < 1.29 is 9.57 Å². The molecule has 0 bridgehead atoms. The summed E-state index contributed by atoms with van der Waals surface area (Å²) in [6.07, 6.45) is 4.79. The molecule has 0 radical (unpaired) electrons. The van der Waals surface area contributed by atoms with E-state index in [2.05, 4.69) is 24.0 Å². The Morgan fingerprint density at radius 3 is 2.81 bits per heavy atom. The van der Waals surface area contributed by atoms with Crippen LogP contribution in [0.4, 0.5) is 0 Å². The van der Waals surface area contributed by atoms with Crippen LogP contribution < -0.4 is 4.74 Å². The molecule has 2 aromatic rings. The predicted molar refractivity (Wildman–Crippen MR) is 80.8 cm³/mol. The fourth-order valence-corrected chi connectivity index (χ4v) is 2.63. The minimum atomic E-state index is 0.145. The smallest absolute Gasteiger partial charge is 0.119 e. The second-order valence-corrected chi connectivity index (χ2v) is 5.32. The summed E-state index contributed by atoms with van der Waals surface area (Å²) in [5.74, 6) is 0.897. The second-order valence-electron chi connectivity index (χ2n) is 5.32. The van der Waals surface area contributed by atoms with Gasteiger partial charge in [0.2, 0.25) is 0 Å². The summed E-state index contributed by atoms with van der Waals surface area (Å²) in [6, 6.07) is 10.2. The van der Waals surface area contributed by atoms with Gasteiger partial charge in [0, 0.05) is 25.5 Å². The molecular weight excluding hydrogens is 264 g/mol. The van der Waals surface area contributed by atoms with E-state index in [4.69, 9.17) is 9.57 Å². The molecule has 1 aromatic heterocycles. The summed E-state index contributed by atoms with van der Waals surface area (Å²) >= 11 is 0. The number of hydrogen-bond acceptors (Lipinski definition) is 4. The lowest BCUT2D eigenvalue weighted by molar-refractivity contribution is -0.154. The third-order valence-corrected chi connectivity index (χ3v) is 3.89. The molecule has 1 aliphatic rings. The van der Waals surface area contributed by atoms with E-state index in [0.29, 0.717) is 0 Å². The number of aromatic nitrogens is 1. The molecule has 110 valence electrons. The fraction of sp³-hybridized carbons (Fsp3) is 0.353. The summed E-state index contributed by atoms with van der Waals surface area (Å²) in [7, 11) is 1.69. The van der Waals surface area contributed by atoms with Gasteiger partial charge in [0.05, 0.1) is 7.11 Å². The molecule has 2 heterocycles. The van der Waals surface area contributed by atoms with Crippen LogP contribution in [0, 0.1) is 6.92 Å². The van der Waals surface area contributed by atoms with Crippen LogP contribution in [0.5, 0.6) is 5.75 Å². The minimum Gasteiger partial charge on any atom is -0.497 e. The zero-order valence-corrected chi connectivity index (χ0v) is 12.5. The third-order valence-electron chi connectivity index (χ3n) is 3.89. The van der Waals surface area contributed by atoms with Crippen LogP contribution in [0.2, 0.25) is 0 Å². The van der Waals surface area contributed by atoms with Gasteiger partial charge in [0.25, 0.3) is 0 Å². The zero-order valence-electron chi connectivity index (χ0n) is 12.5. The fourth-order valence-electron chi connectivity index (χ4n) is 2.63. The number of benzene rings is 1. The van der Waals surface area contributed by atoms with Gasteiger partial charge in [-0.25, -0.2) is 0 Å². The van der Waals surface area contributed by atoms with E-state index in [1.54, 1.807) is 7.11 Å². The van der Waals surface area contributed by atoms with Gasteiger partial charge in [-0.05, 0) is 54.3 Å². The highest BCUT2D eigenvalue weighted by Gasteiger charge is 2.25. The lowest BCUT2D eigenvalue weighted by Crippen LogP contribution is -2.18. The topological polar surface area (TPSA) is 34.6 Å². The summed E-state index contributed by atoms with van der Waals surface area (Å²) in [4.78, 5) is 10.1. The van der Waals surface area contributed by atoms with Gasteiger partial charge in [-0.15, -0.1) is 0 Å². The summed E-state index contributed by atoms with van der Waals surface area (Å²) in [6.45, 7) is 3.85. The van der Waals surface area contributed by atoms with Crippen molar-refractivity contribution in [3.8, 4) is 5.75 Å². The Morgan fingerprint density at radius 2 is 2.10 bits per heavy atom. The van der Waals surface area contributed by atoms with Crippen LogP contribution in [0.3, 0.4) is 0 Å². The quantitative estimate of drug-likeness (QED) is 0.863. The Labute approximate surface area is 125 Å². The molecule has 21 heavy (non-hydrogen) atoms. The van der Waals surface area contributed by atoms with E-state index < -0.39 is 0 Å². The summed E-state index contributed by atoms with van der Waals surface area (Å²) < 4.78 is 5.24. The van der Waals surface area contributed by atoms with Gasteiger partial charge >= 0.3 is 0 Å². The molecule has 0 amide bonds. The van der Waals surface area contributed by atoms with Gasteiger partial charge < -0.3 is 4.74 Å². The number of hydrogen-bond donors (Lipinski definition) is 0. The molecule has 1 saturated heterocycles. The van der Waals surface area contributed by atoms with E-state index in [0.717, 1.165) is 25.3 Å². The largest absolute Gasteiger partial charge is 0.497 e. The van der Waals surface area contributed by atoms with Gasteiger partial charge in [0.15, 0.2) is 0 Å². The second kappa shape index (κ2) is 6.24. The van der Waals surface area contributed by atoms with Crippen LogP contribution in [0.15, 0.2) is 42.7 Å². The van der Waals surface area contributed by atoms with Crippen molar-refractivity contribution in [2.24, 2.45) is 0 Å². The average Bonchev–Trinajstić information content (AvgIpc) is 2.99. The summed E-state index contributed by atoms with van der Waals surface area (Å²) in [5, 5.41) is 2.04. The van der Waals surface area contributed by atoms with Gasteiger partial charge in [-0.2, -0.15) is 5.06 Å². The van der Waals surface area contributed by atoms with Crippen molar-refractivity contribution >= 4 is 0 Å². The molecule has 1 aromatic carbocycles. The number of methoxy groups -OCH3 is 1. The highest BCUT2D eigenvalue weighted by atomic mass is 16.7. The molecule has 0 N–H and O–H groups in total. The molecule has 0 aliphatic carbocycles. The monoisotopic (exact) mass is 284 g/mol. The van der Waals surface area contributed by atoms with Crippen LogP contribution >= 0.6 is 0 Å². The SMILES string of the molecule is COc1ccc(CN2CCC(c3ccncc3)O2)c(C)c1. The van der Waals surface area contributed by atoms with Crippen molar-refractivity contribution in [1.29, 1.82) is 0 Å². The third kappa shape index (κ3) is 3.23. The Balaban J connectivity index is 1.65. The summed E-state index contributed by atoms with van der Waals surface area (Å²) in [5.41, 5.74) is 3.69. The van der Waals surface area contributed by atoms with Crippen LogP contribution in [0.25, 0.3) is 0 Å². The predicted octanol–water partition coefficient (Wildman–Crippen LogP) is 3.28. The lowest BCUT2D eigenvalue weighted by atomic mass is 10.1. The van der Waals surface area contributed by atoms with E-state index >= 15 is 0 Å². The normalized spacial score (nSPS) is 18.9. The molecule has 0 spiro atoms. The van der Waals surface area contributed by atoms with Crippen LogP contribution in [-0.4, -0.2) is 23.7 Å². The molecule has 1 fully saturated rings. The molecule has 4 heteroatoms. The lowest BCUT2D eigenvalue weighted by Gasteiger charge is -2.18. The maximum atomic E-state index is 6.04. The van der Waals surface area contributed by atoms with Crippen molar-refractivity contribution in [1.82, 2.24) is 10.0 Å². The van der Waals surface area contributed by atoms with Gasteiger partial charge in [-0.3, -0.25) is 9.82 Å². The molecule has 4 nitrogen and oxygen atoms in total. The number of ether oxygens (including phenoxy) is 1. The first-order chi connectivity index (χ1) is 10.3. The van der Waals surface area contributed by atoms with Gasteiger partial charge in [-0.1, -0.05) is 6.07 Å². The van der Waals surface area contributed by atoms with Crippen molar-refractivity contribution in [2.75, 3.05) is 13.7 Å². The van der Waals surface area contributed by atoms with Gasteiger partial charge in [0.1, 0.15) is 11.9 Å². The first-order valence-electron chi connectivity index (χ1n) is 7.21. The first-order valence-corrected chi connectivity index (χ1v) is 7.21. The molecule has 1 atom stereocenters. The molecular formula is C17H20N2O2. The Morgan fingerprint density at radius 1 is 1.29 bits per heavy atom. The van der Waals surface area contributed by atoms with Crippen molar-refractivity contribution in [3.05, 3.63) is 59.4 Å². The van der Waals surface area contributed by atoms with E-state index in [1.807, 2.05) is 35.7 Å². The molecule has 1 aliphatic heterocycles. The number of hydroxylamine groups is 2. The average molecular weight is 284 g/mol. The minimum absolute atomic E-state index is 0.145. The van der Waals surface area contributed by atoms with Crippen molar-refractivity contribution in [3.63, 3.8) is 0 Å². The maximum Gasteiger partial charge on any atom is 0.119 e. The van der Waals surface area contributed by atoms with E-state index in [9.17, 15) is 0 Å². The number of rotatable bonds is 4. The highest BCUT2D eigenvalue weighted by Crippen LogP contribution is 2.30. The highest BCUT2D eigenvalue weighted by molar-refractivity contribution is 5.34. The molecule has 1 unspecified atom stereocenters. The van der Waals surface area contributed by atoms with Crippen molar-refractivity contribution in [2.45, 2.75) is 26.0 Å². The Hall–Kier alpha value is -1.91. The maximum absolute atomic E-state index is 6.04.